The molecule has 110 valence electrons. The van der Waals surface area contributed by atoms with Crippen LogP contribution in [0.1, 0.15) is 34.5 Å². The number of nitrogens with zero attached hydrogens (tertiary/aromatic N) is 1. The SMILES string of the molecule is COc1ccc(C)cc1[C@H](C)NC(=O)c1ccc(Cl)nc1. The molecular weight excluding hydrogens is 288 g/mol. The number of benzene rings is 1. The van der Waals surface area contributed by atoms with Gasteiger partial charge in [-0.15, -0.1) is 0 Å². The third kappa shape index (κ3) is 3.73. The monoisotopic (exact) mass is 304 g/mol. The van der Waals surface area contributed by atoms with Crippen molar-refractivity contribution < 1.29 is 9.53 Å². The smallest absolute Gasteiger partial charge is 0.253 e. The molecule has 0 spiro atoms. The molecule has 0 fully saturated rings. The van der Waals surface area contributed by atoms with Gasteiger partial charge in [0.1, 0.15) is 10.9 Å². The van der Waals surface area contributed by atoms with Gasteiger partial charge >= 0.3 is 0 Å². The number of halogens is 1. The van der Waals surface area contributed by atoms with Crippen LogP contribution < -0.4 is 10.1 Å². The predicted octanol–water partition coefficient (Wildman–Crippen LogP) is 3.54. The molecule has 1 atom stereocenters. The lowest BCUT2D eigenvalue weighted by Crippen LogP contribution is -2.27. The molecule has 0 aliphatic rings. The van der Waals surface area contributed by atoms with Crippen molar-refractivity contribution >= 4 is 17.5 Å². The zero-order valence-corrected chi connectivity index (χ0v) is 12.9. The van der Waals surface area contributed by atoms with Crippen LogP contribution in [-0.2, 0) is 0 Å². The summed E-state index contributed by atoms with van der Waals surface area (Å²) >= 11 is 5.72. The second-order valence-corrected chi connectivity index (χ2v) is 5.20. The summed E-state index contributed by atoms with van der Waals surface area (Å²) in [5.74, 6) is 0.554. The van der Waals surface area contributed by atoms with Gasteiger partial charge in [-0.3, -0.25) is 4.79 Å². The Hall–Kier alpha value is -2.07. The highest BCUT2D eigenvalue weighted by Crippen LogP contribution is 2.26. The van der Waals surface area contributed by atoms with Crippen LogP contribution in [0.3, 0.4) is 0 Å². The number of carbonyl (C=O) groups excluding carboxylic acids is 1. The molecule has 1 aromatic heterocycles. The van der Waals surface area contributed by atoms with Gasteiger partial charge in [-0.05, 0) is 32.0 Å². The van der Waals surface area contributed by atoms with Crippen LogP contribution in [-0.4, -0.2) is 18.0 Å². The predicted molar refractivity (Wildman–Crippen MR) is 82.9 cm³/mol. The molecule has 4 nitrogen and oxygen atoms in total. The Morgan fingerprint density at radius 3 is 2.71 bits per heavy atom. The van der Waals surface area contributed by atoms with Gasteiger partial charge in [0.15, 0.2) is 0 Å². The van der Waals surface area contributed by atoms with E-state index in [1.165, 1.54) is 6.20 Å². The van der Waals surface area contributed by atoms with Crippen molar-refractivity contribution in [1.82, 2.24) is 10.3 Å². The number of carbonyl (C=O) groups is 1. The Bertz CT molecular complexity index is 641. The van der Waals surface area contributed by atoms with E-state index in [4.69, 9.17) is 16.3 Å². The van der Waals surface area contributed by atoms with Crippen molar-refractivity contribution in [3.8, 4) is 5.75 Å². The first kappa shape index (κ1) is 15.3. The highest BCUT2D eigenvalue weighted by Gasteiger charge is 2.15. The van der Waals surface area contributed by atoms with E-state index in [-0.39, 0.29) is 11.9 Å². The van der Waals surface area contributed by atoms with Crippen molar-refractivity contribution in [3.05, 3.63) is 58.4 Å². The Kier molecular flexibility index (Phi) is 4.81. The Balaban J connectivity index is 2.17. The molecule has 0 saturated heterocycles. The van der Waals surface area contributed by atoms with E-state index in [0.29, 0.717) is 10.7 Å². The van der Waals surface area contributed by atoms with Crippen LogP contribution in [0.25, 0.3) is 0 Å². The molecular formula is C16H17ClN2O2. The standard InChI is InChI=1S/C16H17ClN2O2/c1-10-4-6-14(21-3)13(8-10)11(2)19-16(20)12-5-7-15(17)18-9-12/h4-9,11H,1-3H3,(H,19,20)/t11-/m0/s1. The molecule has 0 saturated carbocycles. The topological polar surface area (TPSA) is 51.2 Å². The number of rotatable bonds is 4. The van der Waals surface area contributed by atoms with E-state index in [1.807, 2.05) is 32.0 Å². The molecule has 21 heavy (non-hydrogen) atoms. The first-order chi connectivity index (χ1) is 10.0. The number of hydrogen-bond donors (Lipinski definition) is 1. The molecule has 2 rings (SSSR count). The maximum absolute atomic E-state index is 12.2. The average molecular weight is 305 g/mol. The second kappa shape index (κ2) is 6.59. The molecule has 0 bridgehead atoms. The highest BCUT2D eigenvalue weighted by atomic mass is 35.5. The minimum Gasteiger partial charge on any atom is -0.496 e. The van der Waals surface area contributed by atoms with Gasteiger partial charge in [-0.25, -0.2) is 4.98 Å². The van der Waals surface area contributed by atoms with Crippen LogP contribution in [0.4, 0.5) is 0 Å². The molecule has 1 amide bonds. The molecule has 1 N–H and O–H groups in total. The van der Waals surface area contributed by atoms with Crippen LogP contribution in [0, 0.1) is 6.92 Å². The van der Waals surface area contributed by atoms with Gasteiger partial charge < -0.3 is 10.1 Å². The van der Waals surface area contributed by atoms with Gasteiger partial charge in [-0.2, -0.15) is 0 Å². The van der Waals surface area contributed by atoms with Crippen LogP contribution in [0.15, 0.2) is 36.5 Å². The van der Waals surface area contributed by atoms with Crippen molar-refractivity contribution in [2.75, 3.05) is 7.11 Å². The largest absolute Gasteiger partial charge is 0.496 e. The Morgan fingerprint density at radius 1 is 1.33 bits per heavy atom. The Labute approximate surface area is 129 Å². The van der Waals surface area contributed by atoms with Crippen molar-refractivity contribution in [1.29, 1.82) is 0 Å². The molecule has 0 unspecified atom stereocenters. The number of pyridine rings is 1. The number of aryl methyl sites for hydroxylation is 1. The van der Waals surface area contributed by atoms with E-state index in [1.54, 1.807) is 19.2 Å². The molecule has 1 aromatic carbocycles. The number of aromatic nitrogens is 1. The van der Waals surface area contributed by atoms with E-state index in [9.17, 15) is 4.79 Å². The summed E-state index contributed by atoms with van der Waals surface area (Å²) < 4.78 is 5.34. The second-order valence-electron chi connectivity index (χ2n) is 4.81. The van der Waals surface area contributed by atoms with E-state index in [2.05, 4.69) is 10.3 Å². The van der Waals surface area contributed by atoms with Crippen molar-refractivity contribution in [2.45, 2.75) is 19.9 Å². The summed E-state index contributed by atoms with van der Waals surface area (Å²) in [6, 6.07) is 8.93. The molecule has 0 aliphatic carbocycles. The van der Waals surface area contributed by atoms with Crippen LogP contribution in [0.5, 0.6) is 5.75 Å². The van der Waals surface area contributed by atoms with Gasteiger partial charge in [0.05, 0.1) is 18.7 Å². The van der Waals surface area contributed by atoms with Crippen molar-refractivity contribution in [2.24, 2.45) is 0 Å². The maximum Gasteiger partial charge on any atom is 0.253 e. The molecule has 5 heteroatoms. The van der Waals surface area contributed by atoms with Crippen molar-refractivity contribution in [3.63, 3.8) is 0 Å². The molecule has 0 aliphatic heterocycles. The quantitative estimate of drug-likeness (QED) is 0.879. The first-order valence-electron chi connectivity index (χ1n) is 6.58. The van der Waals surface area contributed by atoms with Gasteiger partial charge in [0.25, 0.3) is 5.91 Å². The molecule has 2 aromatic rings. The minimum absolute atomic E-state index is 0.178. The third-order valence-electron chi connectivity index (χ3n) is 3.19. The number of amides is 1. The number of nitrogens with one attached hydrogen (secondary N) is 1. The summed E-state index contributed by atoms with van der Waals surface area (Å²) in [6.45, 7) is 3.92. The van der Waals surface area contributed by atoms with Crippen LogP contribution in [0.2, 0.25) is 5.15 Å². The Morgan fingerprint density at radius 2 is 2.10 bits per heavy atom. The normalized spacial score (nSPS) is 11.8. The first-order valence-corrected chi connectivity index (χ1v) is 6.96. The van der Waals surface area contributed by atoms with Gasteiger partial charge in [0, 0.05) is 11.8 Å². The van der Waals surface area contributed by atoms with Gasteiger partial charge in [-0.1, -0.05) is 29.3 Å². The van der Waals surface area contributed by atoms with E-state index >= 15 is 0 Å². The summed E-state index contributed by atoms with van der Waals surface area (Å²) in [7, 11) is 1.62. The summed E-state index contributed by atoms with van der Waals surface area (Å²) in [5, 5.41) is 3.29. The summed E-state index contributed by atoms with van der Waals surface area (Å²) in [5.41, 5.74) is 2.52. The molecule has 0 radical (unpaired) electrons. The fourth-order valence-corrected chi connectivity index (χ4v) is 2.17. The fraction of sp³-hybridized carbons (Fsp3) is 0.250. The zero-order valence-electron chi connectivity index (χ0n) is 12.2. The lowest BCUT2D eigenvalue weighted by Gasteiger charge is -2.18. The number of methoxy groups -OCH3 is 1. The summed E-state index contributed by atoms with van der Waals surface area (Å²) in [6.07, 6.45) is 1.46. The molecule has 1 heterocycles. The average Bonchev–Trinajstić information content (AvgIpc) is 2.47. The van der Waals surface area contributed by atoms with Crippen LogP contribution >= 0.6 is 11.6 Å². The van der Waals surface area contributed by atoms with E-state index < -0.39 is 0 Å². The highest BCUT2D eigenvalue weighted by molar-refractivity contribution is 6.29. The lowest BCUT2D eigenvalue weighted by molar-refractivity contribution is 0.0939. The number of ether oxygens (including phenoxy) is 1. The maximum atomic E-state index is 12.2. The third-order valence-corrected chi connectivity index (χ3v) is 3.41. The zero-order chi connectivity index (χ0) is 15.4. The minimum atomic E-state index is -0.199. The summed E-state index contributed by atoms with van der Waals surface area (Å²) in [4.78, 5) is 16.1. The lowest BCUT2D eigenvalue weighted by atomic mass is 10.0. The number of hydrogen-bond acceptors (Lipinski definition) is 3. The fourth-order valence-electron chi connectivity index (χ4n) is 2.06. The van der Waals surface area contributed by atoms with E-state index in [0.717, 1.165) is 16.9 Å². The van der Waals surface area contributed by atoms with Gasteiger partial charge in [0.2, 0.25) is 0 Å².